The molecule has 3 rings (SSSR count). The van der Waals surface area contributed by atoms with Crippen LogP contribution >= 0.6 is 39.1 Å². The highest BCUT2D eigenvalue weighted by molar-refractivity contribution is 9.10. The molecule has 214 valence electrons. The van der Waals surface area contributed by atoms with Crippen LogP contribution in [-0.2, 0) is 26.2 Å². The summed E-state index contributed by atoms with van der Waals surface area (Å²) in [5, 5.41) is 3.22. The number of anilines is 1. The van der Waals surface area contributed by atoms with E-state index < -0.39 is 28.5 Å². The van der Waals surface area contributed by atoms with Crippen LogP contribution in [0, 0.1) is 12.8 Å². The van der Waals surface area contributed by atoms with E-state index in [1.54, 1.807) is 19.1 Å². The van der Waals surface area contributed by atoms with Crippen LogP contribution in [0.5, 0.6) is 0 Å². The zero-order valence-corrected chi connectivity index (χ0v) is 26.6. The largest absolute Gasteiger partial charge is 0.354 e. The predicted octanol–water partition coefficient (Wildman–Crippen LogP) is 6.45. The van der Waals surface area contributed by atoms with E-state index in [2.05, 4.69) is 21.2 Å². The smallest absolute Gasteiger partial charge is 0.264 e. The van der Waals surface area contributed by atoms with Gasteiger partial charge in [-0.1, -0.05) is 82.8 Å². The average Bonchev–Trinajstić information content (AvgIpc) is 2.90. The summed E-state index contributed by atoms with van der Waals surface area (Å²) in [6, 6.07) is 17.2. The van der Waals surface area contributed by atoms with Crippen molar-refractivity contribution in [2.45, 2.75) is 45.2 Å². The van der Waals surface area contributed by atoms with E-state index in [0.29, 0.717) is 6.54 Å². The van der Waals surface area contributed by atoms with Crippen LogP contribution in [0.15, 0.2) is 76.1 Å². The maximum atomic E-state index is 14.0. The number of aryl methyl sites for hydroxylation is 1. The zero-order valence-electron chi connectivity index (χ0n) is 22.7. The van der Waals surface area contributed by atoms with Crippen molar-refractivity contribution in [3.63, 3.8) is 0 Å². The van der Waals surface area contributed by atoms with Gasteiger partial charge in [-0.25, -0.2) is 8.42 Å². The fraction of sp³-hybridized carbons (Fsp3) is 0.310. The molecule has 0 aliphatic rings. The van der Waals surface area contributed by atoms with Crippen LogP contribution in [0.3, 0.4) is 0 Å². The maximum Gasteiger partial charge on any atom is 0.264 e. The number of rotatable bonds is 11. The second-order valence-electron chi connectivity index (χ2n) is 9.89. The Kier molecular flexibility index (Phi) is 11.1. The molecule has 1 atom stereocenters. The van der Waals surface area contributed by atoms with Crippen LogP contribution in [-0.4, -0.2) is 44.3 Å². The molecule has 0 unspecified atom stereocenters. The lowest BCUT2D eigenvalue weighted by Crippen LogP contribution is -2.51. The number of carbonyl (C=O) groups excluding carboxylic acids is 2. The molecule has 0 saturated heterocycles. The molecule has 0 saturated carbocycles. The standard InChI is InChI=1S/C29H32BrCl2N3O4S/c1-19(2)16-33-29(37)21(4)34(17-22-6-5-7-23(30)14-22)28(36)18-35(27-15-24(31)10-13-26(27)32)40(38,39)25-11-8-20(3)9-12-25/h5-15,19,21H,16-18H2,1-4H3,(H,33,37)/t21-/m0/s1. The van der Waals surface area contributed by atoms with Gasteiger partial charge in [-0.05, 0) is 67.8 Å². The summed E-state index contributed by atoms with van der Waals surface area (Å²) in [6.07, 6.45) is 0. The average molecular weight is 669 g/mol. The van der Waals surface area contributed by atoms with E-state index in [0.717, 1.165) is 19.9 Å². The van der Waals surface area contributed by atoms with Gasteiger partial charge in [-0.15, -0.1) is 0 Å². The van der Waals surface area contributed by atoms with E-state index in [-0.39, 0.29) is 39.0 Å². The number of nitrogens with zero attached hydrogens (tertiary/aromatic N) is 2. The van der Waals surface area contributed by atoms with Crippen LogP contribution in [0.1, 0.15) is 31.9 Å². The van der Waals surface area contributed by atoms with Crippen molar-refractivity contribution in [1.29, 1.82) is 0 Å². The zero-order chi connectivity index (χ0) is 29.6. The number of hydrogen-bond acceptors (Lipinski definition) is 4. The lowest BCUT2D eigenvalue weighted by atomic mass is 10.1. The summed E-state index contributed by atoms with van der Waals surface area (Å²) >= 11 is 16.1. The Morgan fingerprint density at radius 1 is 0.975 bits per heavy atom. The number of carbonyl (C=O) groups is 2. The lowest BCUT2D eigenvalue weighted by Gasteiger charge is -2.32. The minimum absolute atomic E-state index is 0.0109. The first kappa shape index (κ1) is 31.9. The molecule has 0 aliphatic carbocycles. The molecule has 0 radical (unpaired) electrons. The molecular formula is C29H32BrCl2N3O4S. The van der Waals surface area contributed by atoms with Gasteiger partial charge in [-0.3, -0.25) is 13.9 Å². The van der Waals surface area contributed by atoms with Gasteiger partial charge >= 0.3 is 0 Å². The molecule has 3 aromatic carbocycles. The molecule has 0 heterocycles. The SMILES string of the molecule is Cc1ccc(S(=O)(=O)N(CC(=O)N(Cc2cccc(Br)c2)[C@@H](C)C(=O)NCC(C)C)c2cc(Cl)ccc2Cl)cc1. The monoisotopic (exact) mass is 667 g/mol. The molecular weight excluding hydrogens is 637 g/mol. The molecule has 7 nitrogen and oxygen atoms in total. The normalized spacial score (nSPS) is 12.2. The predicted molar refractivity (Wildman–Crippen MR) is 164 cm³/mol. The fourth-order valence-corrected chi connectivity index (χ4v) is 6.20. The number of sulfonamides is 1. The molecule has 1 N–H and O–H groups in total. The van der Waals surface area contributed by atoms with Crippen molar-refractivity contribution in [2.24, 2.45) is 5.92 Å². The van der Waals surface area contributed by atoms with Gasteiger partial charge in [0, 0.05) is 22.6 Å². The van der Waals surface area contributed by atoms with Gasteiger partial charge < -0.3 is 10.2 Å². The first-order valence-electron chi connectivity index (χ1n) is 12.7. The van der Waals surface area contributed by atoms with Crippen LogP contribution in [0.25, 0.3) is 0 Å². The topological polar surface area (TPSA) is 86.8 Å². The Labute approximate surface area is 254 Å². The quantitative estimate of drug-likeness (QED) is 0.255. The van der Waals surface area contributed by atoms with Gasteiger partial charge in [0.15, 0.2) is 0 Å². The van der Waals surface area contributed by atoms with Gasteiger partial charge in [0.1, 0.15) is 12.6 Å². The summed E-state index contributed by atoms with van der Waals surface area (Å²) < 4.78 is 29.6. The van der Waals surface area contributed by atoms with Crippen molar-refractivity contribution in [3.05, 3.63) is 92.4 Å². The van der Waals surface area contributed by atoms with E-state index in [1.807, 2.05) is 45.0 Å². The molecule has 0 aromatic heterocycles. The van der Waals surface area contributed by atoms with Crippen molar-refractivity contribution in [1.82, 2.24) is 10.2 Å². The summed E-state index contributed by atoms with van der Waals surface area (Å²) in [6.45, 7) is 7.32. The second-order valence-corrected chi connectivity index (χ2v) is 13.5. The number of benzene rings is 3. The van der Waals surface area contributed by atoms with Crippen molar-refractivity contribution >= 4 is 66.7 Å². The van der Waals surface area contributed by atoms with Crippen LogP contribution in [0.2, 0.25) is 10.0 Å². The molecule has 0 aliphatic heterocycles. The van der Waals surface area contributed by atoms with Gasteiger partial charge in [0.05, 0.1) is 15.6 Å². The van der Waals surface area contributed by atoms with Gasteiger partial charge in [-0.2, -0.15) is 0 Å². The highest BCUT2D eigenvalue weighted by atomic mass is 79.9. The maximum absolute atomic E-state index is 14.0. The summed E-state index contributed by atoms with van der Waals surface area (Å²) in [5.41, 5.74) is 1.70. The second kappa shape index (κ2) is 13.9. The number of hydrogen-bond donors (Lipinski definition) is 1. The van der Waals surface area contributed by atoms with E-state index in [4.69, 9.17) is 23.2 Å². The number of amides is 2. The van der Waals surface area contributed by atoms with E-state index in [1.165, 1.54) is 35.2 Å². The summed E-state index contributed by atoms with van der Waals surface area (Å²) in [5.74, 6) is -0.713. The van der Waals surface area contributed by atoms with E-state index in [9.17, 15) is 18.0 Å². The molecule has 0 bridgehead atoms. The fourth-order valence-electron chi connectivity index (χ4n) is 3.89. The summed E-state index contributed by atoms with van der Waals surface area (Å²) in [4.78, 5) is 28.4. The highest BCUT2D eigenvalue weighted by Gasteiger charge is 2.33. The van der Waals surface area contributed by atoms with E-state index >= 15 is 0 Å². The van der Waals surface area contributed by atoms with Crippen molar-refractivity contribution in [3.8, 4) is 0 Å². The molecule has 11 heteroatoms. The van der Waals surface area contributed by atoms with Gasteiger partial charge in [0.25, 0.3) is 10.0 Å². The minimum atomic E-state index is -4.25. The number of halogens is 3. The Balaban J connectivity index is 2.06. The Bertz CT molecular complexity index is 1470. The third kappa shape index (κ3) is 8.22. The Hall–Kier alpha value is -2.59. The van der Waals surface area contributed by atoms with Gasteiger partial charge in [0.2, 0.25) is 11.8 Å². The van der Waals surface area contributed by atoms with Crippen molar-refractivity contribution < 1.29 is 18.0 Å². The highest BCUT2D eigenvalue weighted by Crippen LogP contribution is 2.33. The van der Waals surface area contributed by atoms with Crippen LogP contribution < -0.4 is 9.62 Å². The van der Waals surface area contributed by atoms with Crippen LogP contribution in [0.4, 0.5) is 5.69 Å². The first-order chi connectivity index (χ1) is 18.8. The third-order valence-corrected chi connectivity index (χ3v) is 8.98. The Morgan fingerprint density at radius 2 is 1.65 bits per heavy atom. The Morgan fingerprint density at radius 3 is 2.27 bits per heavy atom. The minimum Gasteiger partial charge on any atom is -0.354 e. The third-order valence-electron chi connectivity index (χ3n) is 6.16. The molecule has 0 fully saturated rings. The molecule has 40 heavy (non-hydrogen) atoms. The molecule has 0 spiro atoms. The number of nitrogens with one attached hydrogen (secondary N) is 1. The first-order valence-corrected chi connectivity index (χ1v) is 15.6. The molecule has 3 aromatic rings. The molecule has 2 amide bonds. The van der Waals surface area contributed by atoms with Crippen molar-refractivity contribution in [2.75, 3.05) is 17.4 Å². The summed E-state index contributed by atoms with van der Waals surface area (Å²) in [7, 11) is -4.25. The lowest BCUT2D eigenvalue weighted by molar-refractivity contribution is -0.139.